The standard InChI is InChI=1S/C25H38N2O2/c1-24-11-10-20-18(19(24)8-9-22(24)29-23-5-3-4-12-28-23)7-6-17-13-21-16(15-26-27-21)14-25(17,20)2/h15,17-20,22-23H,3-14H2,1-2H3,(H,26,27)/t17-,18-,19-,20-,22-,23+,24-,25-/m0/s1. The zero-order valence-electron chi connectivity index (χ0n) is 18.3. The lowest BCUT2D eigenvalue weighted by molar-refractivity contribution is -0.218. The summed E-state index contributed by atoms with van der Waals surface area (Å²) in [6.07, 6.45) is 16.8. The highest BCUT2D eigenvalue weighted by atomic mass is 16.7. The van der Waals surface area contributed by atoms with Crippen LogP contribution in [-0.2, 0) is 22.3 Å². The Morgan fingerprint density at radius 3 is 2.79 bits per heavy atom. The lowest BCUT2D eigenvalue weighted by atomic mass is 9.45. The quantitative estimate of drug-likeness (QED) is 0.737. The Bertz CT molecular complexity index is 756. The molecule has 160 valence electrons. The minimum Gasteiger partial charge on any atom is -0.353 e. The van der Waals surface area contributed by atoms with Crippen molar-refractivity contribution in [3.8, 4) is 0 Å². The molecule has 6 rings (SSSR count). The zero-order valence-corrected chi connectivity index (χ0v) is 18.3. The number of nitrogens with one attached hydrogen (secondary N) is 1. The van der Waals surface area contributed by atoms with Crippen LogP contribution in [0.15, 0.2) is 6.20 Å². The molecular formula is C25H38N2O2. The van der Waals surface area contributed by atoms with Gasteiger partial charge in [0.2, 0.25) is 0 Å². The molecule has 0 amide bonds. The van der Waals surface area contributed by atoms with Crippen LogP contribution in [0.2, 0.25) is 0 Å². The van der Waals surface area contributed by atoms with Crippen LogP contribution in [0, 0.1) is 34.5 Å². The number of aromatic amines is 1. The van der Waals surface area contributed by atoms with Crippen LogP contribution in [0.3, 0.4) is 0 Å². The lowest BCUT2D eigenvalue weighted by Gasteiger charge is -2.60. The second-order valence-electron chi connectivity index (χ2n) is 11.5. The van der Waals surface area contributed by atoms with E-state index in [4.69, 9.17) is 9.47 Å². The molecule has 0 bridgehead atoms. The maximum atomic E-state index is 6.64. The van der Waals surface area contributed by atoms with E-state index in [2.05, 4.69) is 30.2 Å². The highest BCUT2D eigenvalue weighted by Crippen LogP contribution is 2.66. The molecule has 4 fully saturated rings. The summed E-state index contributed by atoms with van der Waals surface area (Å²) < 4.78 is 12.6. The maximum absolute atomic E-state index is 6.64. The summed E-state index contributed by atoms with van der Waals surface area (Å²) in [6.45, 7) is 6.09. The van der Waals surface area contributed by atoms with E-state index >= 15 is 0 Å². The van der Waals surface area contributed by atoms with Gasteiger partial charge in [0.1, 0.15) is 0 Å². The molecule has 0 aromatic carbocycles. The summed E-state index contributed by atoms with van der Waals surface area (Å²) in [6, 6.07) is 0. The summed E-state index contributed by atoms with van der Waals surface area (Å²) in [5, 5.41) is 7.66. The SMILES string of the molecule is C[C@]12Cc3cn[nH]c3C[C@@H]1CC[C@@H]1[C@@H]2CC[C@]2(C)[C@@H](O[C@@H]3CCCCO3)CC[C@@H]12. The molecule has 8 atom stereocenters. The zero-order chi connectivity index (χ0) is 19.6. The monoisotopic (exact) mass is 398 g/mol. The van der Waals surface area contributed by atoms with Crippen molar-refractivity contribution in [1.29, 1.82) is 0 Å². The van der Waals surface area contributed by atoms with E-state index in [1.54, 1.807) is 0 Å². The van der Waals surface area contributed by atoms with Gasteiger partial charge in [-0.05, 0) is 111 Å². The summed E-state index contributed by atoms with van der Waals surface area (Å²) in [4.78, 5) is 0. The van der Waals surface area contributed by atoms with Gasteiger partial charge >= 0.3 is 0 Å². The predicted octanol–water partition coefficient (Wildman–Crippen LogP) is 5.28. The molecule has 1 saturated heterocycles. The average Bonchev–Trinajstić information content (AvgIpc) is 3.30. The van der Waals surface area contributed by atoms with Crippen molar-refractivity contribution in [3.05, 3.63) is 17.5 Å². The topological polar surface area (TPSA) is 47.1 Å². The summed E-state index contributed by atoms with van der Waals surface area (Å²) in [5.74, 6) is 3.46. The average molecular weight is 399 g/mol. The van der Waals surface area contributed by atoms with Crippen molar-refractivity contribution >= 4 is 0 Å². The molecule has 0 radical (unpaired) electrons. The molecule has 4 heteroatoms. The van der Waals surface area contributed by atoms with Gasteiger partial charge in [0, 0.05) is 12.3 Å². The van der Waals surface area contributed by atoms with E-state index in [9.17, 15) is 0 Å². The molecule has 29 heavy (non-hydrogen) atoms. The van der Waals surface area contributed by atoms with Gasteiger partial charge in [-0.2, -0.15) is 5.10 Å². The van der Waals surface area contributed by atoms with E-state index in [0.717, 1.165) is 36.7 Å². The van der Waals surface area contributed by atoms with Crippen LogP contribution in [-0.4, -0.2) is 29.2 Å². The molecule has 4 nitrogen and oxygen atoms in total. The Morgan fingerprint density at radius 2 is 1.93 bits per heavy atom. The van der Waals surface area contributed by atoms with E-state index < -0.39 is 0 Å². The van der Waals surface area contributed by atoms with Crippen molar-refractivity contribution in [2.75, 3.05) is 6.61 Å². The van der Waals surface area contributed by atoms with Gasteiger partial charge in [-0.25, -0.2) is 0 Å². The fourth-order valence-corrected chi connectivity index (χ4v) is 8.65. The first-order valence-electron chi connectivity index (χ1n) is 12.4. The van der Waals surface area contributed by atoms with E-state index in [1.807, 2.05) is 0 Å². The first kappa shape index (κ1) is 18.9. The van der Waals surface area contributed by atoms with Gasteiger partial charge in [0.25, 0.3) is 0 Å². The van der Waals surface area contributed by atoms with Crippen LogP contribution >= 0.6 is 0 Å². The fraction of sp³-hybridized carbons (Fsp3) is 0.880. The van der Waals surface area contributed by atoms with Crippen molar-refractivity contribution < 1.29 is 9.47 Å². The number of aromatic nitrogens is 2. The number of nitrogens with zero attached hydrogens (tertiary/aromatic N) is 1. The predicted molar refractivity (Wildman–Crippen MR) is 112 cm³/mol. The van der Waals surface area contributed by atoms with Gasteiger partial charge in [-0.15, -0.1) is 0 Å². The van der Waals surface area contributed by atoms with Crippen LogP contribution in [0.4, 0.5) is 0 Å². The third-order valence-electron chi connectivity index (χ3n) is 10.3. The Balaban J connectivity index is 1.23. The third kappa shape index (κ3) is 2.81. The van der Waals surface area contributed by atoms with E-state index in [-0.39, 0.29) is 6.29 Å². The Kier molecular flexibility index (Phi) is 4.43. The Morgan fingerprint density at radius 1 is 1.03 bits per heavy atom. The molecule has 1 aromatic rings. The second kappa shape index (κ2) is 6.82. The summed E-state index contributed by atoms with van der Waals surface area (Å²) in [7, 11) is 0. The number of rotatable bonds is 2. The van der Waals surface area contributed by atoms with Crippen LogP contribution in [0.1, 0.15) is 82.9 Å². The van der Waals surface area contributed by atoms with Crippen LogP contribution < -0.4 is 0 Å². The minimum atomic E-state index is 0.0631. The van der Waals surface area contributed by atoms with Crippen molar-refractivity contribution in [2.45, 2.75) is 96.9 Å². The molecule has 5 aliphatic rings. The minimum absolute atomic E-state index is 0.0631. The van der Waals surface area contributed by atoms with Gasteiger partial charge in [0.05, 0.1) is 12.3 Å². The van der Waals surface area contributed by atoms with Crippen LogP contribution in [0.25, 0.3) is 0 Å². The number of fused-ring (bicyclic) bond motifs is 6. The van der Waals surface area contributed by atoms with Crippen molar-refractivity contribution in [1.82, 2.24) is 10.2 Å². The lowest BCUT2D eigenvalue weighted by Crippen LogP contribution is -2.55. The smallest absolute Gasteiger partial charge is 0.157 e. The molecule has 4 aliphatic carbocycles. The number of H-pyrrole nitrogens is 1. The van der Waals surface area contributed by atoms with E-state index in [0.29, 0.717) is 16.9 Å². The summed E-state index contributed by atoms with van der Waals surface area (Å²) >= 11 is 0. The highest BCUT2D eigenvalue weighted by molar-refractivity contribution is 5.25. The number of ether oxygens (including phenoxy) is 2. The number of hydrogen-bond donors (Lipinski definition) is 1. The third-order valence-corrected chi connectivity index (χ3v) is 10.3. The van der Waals surface area contributed by atoms with Gasteiger partial charge in [0.15, 0.2) is 6.29 Å². The molecule has 1 N–H and O–H groups in total. The molecular weight excluding hydrogens is 360 g/mol. The molecule has 1 aliphatic heterocycles. The van der Waals surface area contributed by atoms with Gasteiger partial charge < -0.3 is 9.47 Å². The van der Waals surface area contributed by atoms with Crippen LogP contribution in [0.5, 0.6) is 0 Å². The normalized spacial score (nSPS) is 49.0. The molecule has 2 heterocycles. The van der Waals surface area contributed by atoms with Crippen molar-refractivity contribution in [3.63, 3.8) is 0 Å². The fourth-order valence-electron chi connectivity index (χ4n) is 8.65. The molecule has 3 saturated carbocycles. The first-order chi connectivity index (χ1) is 14.1. The molecule has 0 spiro atoms. The molecule has 1 aromatic heterocycles. The highest BCUT2D eigenvalue weighted by Gasteiger charge is 2.60. The maximum Gasteiger partial charge on any atom is 0.157 e. The largest absolute Gasteiger partial charge is 0.353 e. The van der Waals surface area contributed by atoms with Gasteiger partial charge in [-0.1, -0.05) is 13.8 Å². The summed E-state index contributed by atoms with van der Waals surface area (Å²) in [5.41, 5.74) is 3.75. The van der Waals surface area contributed by atoms with Gasteiger partial charge in [-0.3, -0.25) is 5.10 Å². The Hall–Kier alpha value is -0.870. The number of hydrogen-bond acceptors (Lipinski definition) is 3. The molecule has 0 unspecified atom stereocenters. The Labute approximate surface area is 175 Å². The van der Waals surface area contributed by atoms with E-state index in [1.165, 1.54) is 75.5 Å². The second-order valence-corrected chi connectivity index (χ2v) is 11.5. The van der Waals surface area contributed by atoms with Crippen molar-refractivity contribution in [2.24, 2.45) is 34.5 Å². The first-order valence-corrected chi connectivity index (χ1v) is 12.4.